The van der Waals surface area contributed by atoms with Crippen LogP contribution in [0.4, 0.5) is 17.6 Å². The zero-order valence-electron chi connectivity index (χ0n) is 11.7. The molecule has 0 heterocycles. The second-order valence-electron chi connectivity index (χ2n) is 5.93. The first kappa shape index (κ1) is 14.2. The first-order valence-corrected chi connectivity index (χ1v) is 7.20. The molecular formula is C17H11F4NO. The Balaban J connectivity index is 1.58. The van der Waals surface area contributed by atoms with Gasteiger partial charge in [0, 0.05) is 18.0 Å². The van der Waals surface area contributed by atoms with Gasteiger partial charge in [0.25, 0.3) is 5.91 Å². The molecule has 0 unspecified atom stereocenters. The van der Waals surface area contributed by atoms with E-state index in [0.29, 0.717) is 0 Å². The highest BCUT2D eigenvalue weighted by Crippen LogP contribution is 2.56. The van der Waals surface area contributed by atoms with E-state index >= 15 is 0 Å². The van der Waals surface area contributed by atoms with Crippen molar-refractivity contribution in [3.63, 3.8) is 0 Å². The van der Waals surface area contributed by atoms with Crippen LogP contribution in [-0.2, 0) is 6.42 Å². The third kappa shape index (κ3) is 2.04. The average Bonchev–Trinajstić information content (AvgIpc) is 3.03. The van der Waals surface area contributed by atoms with Gasteiger partial charge >= 0.3 is 0 Å². The van der Waals surface area contributed by atoms with Crippen molar-refractivity contribution in [2.24, 2.45) is 5.92 Å². The van der Waals surface area contributed by atoms with Crippen LogP contribution in [0.15, 0.2) is 30.3 Å². The fourth-order valence-corrected chi connectivity index (χ4v) is 3.54. The topological polar surface area (TPSA) is 29.1 Å². The Hall–Kier alpha value is -2.37. The van der Waals surface area contributed by atoms with Crippen LogP contribution < -0.4 is 5.32 Å². The van der Waals surface area contributed by atoms with E-state index in [1.807, 2.05) is 24.3 Å². The molecule has 6 heteroatoms. The quantitative estimate of drug-likeness (QED) is 0.667. The Kier molecular flexibility index (Phi) is 2.98. The minimum atomic E-state index is -1.67. The second kappa shape index (κ2) is 4.81. The summed E-state index contributed by atoms with van der Waals surface area (Å²) in [6.07, 6.45) is 0.772. The van der Waals surface area contributed by atoms with E-state index in [9.17, 15) is 22.4 Å². The molecule has 2 aliphatic rings. The van der Waals surface area contributed by atoms with E-state index in [2.05, 4.69) is 5.32 Å². The molecule has 0 spiro atoms. The standard InChI is InChI=1S/C17H11F4NO/c18-10-6-11(19)15(21)13(14(10)20)17(23)22-16-9-5-7-3-1-2-4-8(7)12(9)16/h1-4,6,9,12,16H,5H2,(H,22,23)/t9-,12+,16-/m1/s1. The second-order valence-corrected chi connectivity index (χ2v) is 5.93. The monoisotopic (exact) mass is 321 g/mol. The summed E-state index contributed by atoms with van der Waals surface area (Å²) < 4.78 is 53.7. The van der Waals surface area contributed by atoms with Gasteiger partial charge in [-0.25, -0.2) is 17.6 Å². The number of hydrogen-bond donors (Lipinski definition) is 1. The van der Waals surface area contributed by atoms with E-state index < -0.39 is 34.7 Å². The highest BCUT2D eigenvalue weighted by Gasteiger charge is 2.56. The lowest BCUT2D eigenvalue weighted by Crippen LogP contribution is -2.31. The predicted molar refractivity (Wildman–Crippen MR) is 73.9 cm³/mol. The third-order valence-electron chi connectivity index (χ3n) is 4.67. The fourth-order valence-electron chi connectivity index (χ4n) is 3.54. The number of halogens is 4. The summed E-state index contributed by atoms with van der Waals surface area (Å²) in [5.41, 5.74) is 1.09. The van der Waals surface area contributed by atoms with Gasteiger partial charge in [-0.2, -0.15) is 0 Å². The van der Waals surface area contributed by atoms with Gasteiger partial charge in [0.15, 0.2) is 23.3 Å². The molecule has 1 amide bonds. The SMILES string of the molecule is O=C(N[C@@H]1[C@@H]2Cc3ccccc3[C@@H]21)c1c(F)c(F)cc(F)c1F. The number of carbonyl (C=O) groups excluding carboxylic acids is 1. The Morgan fingerprint density at radius 1 is 1.04 bits per heavy atom. The van der Waals surface area contributed by atoms with Crippen molar-refractivity contribution < 1.29 is 22.4 Å². The average molecular weight is 321 g/mol. The molecule has 1 N–H and O–H groups in total. The van der Waals surface area contributed by atoms with E-state index in [0.717, 1.165) is 12.0 Å². The Morgan fingerprint density at radius 3 is 2.39 bits per heavy atom. The summed E-state index contributed by atoms with van der Waals surface area (Å²) >= 11 is 0. The molecular weight excluding hydrogens is 310 g/mol. The molecule has 1 fully saturated rings. The molecule has 2 aliphatic carbocycles. The molecule has 2 nitrogen and oxygen atoms in total. The summed E-state index contributed by atoms with van der Waals surface area (Å²) in [6.45, 7) is 0. The van der Waals surface area contributed by atoms with Crippen molar-refractivity contribution in [3.05, 3.63) is 70.3 Å². The highest BCUT2D eigenvalue weighted by molar-refractivity contribution is 5.95. The van der Waals surface area contributed by atoms with Gasteiger partial charge in [0.2, 0.25) is 0 Å². The van der Waals surface area contributed by atoms with Crippen molar-refractivity contribution in [3.8, 4) is 0 Å². The van der Waals surface area contributed by atoms with Crippen molar-refractivity contribution in [1.29, 1.82) is 0 Å². The van der Waals surface area contributed by atoms with Crippen molar-refractivity contribution >= 4 is 5.91 Å². The number of nitrogens with one attached hydrogen (secondary N) is 1. The third-order valence-corrected chi connectivity index (χ3v) is 4.67. The minimum absolute atomic E-state index is 0.0869. The Morgan fingerprint density at radius 2 is 1.70 bits per heavy atom. The summed E-state index contributed by atoms with van der Waals surface area (Å²) in [5, 5.41) is 2.50. The van der Waals surface area contributed by atoms with Crippen LogP contribution in [0.25, 0.3) is 0 Å². The van der Waals surface area contributed by atoms with Gasteiger partial charge < -0.3 is 5.32 Å². The number of fused-ring (bicyclic) bond motifs is 3. The van der Waals surface area contributed by atoms with Gasteiger partial charge in [-0.1, -0.05) is 24.3 Å². The molecule has 118 valence electrons. The normalized spacial score (nSPS) is 24.1. The molecule has 0 bridgehead atoms. The largest absolute Gasteiger partial charge is 0.348 e. The molecule has 2 aromatic rings. The van der Waals surface area contributed by atoms with Crippen LogP contribution >= 0.6 is 0 Å². The molecule has 3 atom stereocenters. The zero-order chi connectivity index (χ0) is 16.3. The molecule has 0 aliphatic heterocycles. The first-order chi connectivity index (χ1) is 11.0. The van der Waals surface area contributed by atoms with Gasteiger partial charge in [0.05, 0.1) is 0 Å². The number of amides is 1. The minimum Gasteiger partial charge on any atom is -0.348 e. The maximum Gasteiger partial charge on any atom is 0.257 e. The van der Waals surface area contributed by atoms with Crippen LogP contribution in [0.3, 0.4) is 0 Å². The van der Waals surface area contributed by atoms with Crippen LogP contribution in [0, 0.1) is 29.2 Å². The highest BCUT2D eigenvalue weighted by atomic mass is 19.2. The van der Waals surface area contributed by atoms with Gasteiger partial charge in [0.1, 0.15) is 5.56 Å². The van der Waals surface area contributed by atoms with E-state index in [1.54, 1.807) is 0 Å². The van der Waals surface area contributed by atoms with Crippen LogP contribution in [0.2, 0.25) is 0 Å². The molecule has 23 heavy (non-hydrogen) atoms. The summed E-state index contributed by atoms with van der Waals surface area (Å²) in [7, 11) is 0. The van der Waals surface area contributed by atoms with Gasteiger partial charge in [-0.3, -0.25) is 4.79 Å². The zero-order valence-corrected chi connectivity index (χ0v) is 11.7. The van der Waals surface area contributed by atoms with E-state index in [4.69, 9.17) is 0 Å². The predicted octanol–water partition coefficient (Wildman–Crippen LogP) is 3.31. The molecule has 0 saturated heterocycles. The van der Waals surface area contributed by atoms with Gasteiger partial charge in [-0.15, -0.1) is 0 Å². The smallest absolute Gasteiger partial charge is 0.257 e. The fraction of sp³-hybridized carbons (Fsp3) is 0.235. The van der Waals surface area contributed by atoms with Crippen LogP contribution in [-0.4, -0.2) is 11.9 Å². The number of carbonyl (C=O) groups is 1. The van der Waals surface area contributed by atoms with Crippen molar-refractivity contribution in [2.45, 2.75) is 18.4 Å². The van der Waals surface area contributed by atoms with Gasteiger partial charge in [-0.05, 0) is 23.5 Å². The first-order valence-electron chi connectivity index (χ1n) is 7.20. The van der Waals surface area contributed by atoms with Crippen LogP contribution in [0.1, 0.15) is 27.4 Å². The molecule has 0 radical (unpaired) electrons. The Labute approximate surface area is 129 Å². The van der Waals surface area contributed by atoms with Crippen LogP contribution in [0.5, 0.6) is 0 Å². The number of hydrogen-bond acceptors (Lipinski definition) is 1. The maximum absolute atomic E-state index is 13.7. The lowest BCUT2D eigenvalue weighted by atomic mass is 10.0. The lowest BCUT2D eigenvalue weighted by Gasteiger charge is -2.11. The maximum atomic E-state index is 13.7. The summed E-state index contributed by atoms with van der Waals surface area (Å²) in [4.78, 5) is 12.1. The van der Waals surface area contributed by atoms with E-state index in [-0.39, 0.29) is 23.9 Å². The molecule has 0 aromatic heterocycles. The lowest BCUT2D eigenvalue weighted by molar-refractivity contribution is 0.0937. The molecule has 4 rings (SSSR count). The molecule has 2 aromatic carbocycles. The molecule has 1 saturated carbocycles. The summed E-state index contributed by atoms with van der Waals surface area (Å²) in [5.74, 6) is -7.39. The van der Waals surface area contributed by atoms with Crippen molar-refractivity contribution in [1.82, 2.24) is 5.32 Å². The van der Waals surface area contributed by atoms with E-state index in [1.165, 1.54) is 5.56 Å². The number of benzene rings is 2. The number of rotatable bonds is 2. The Bertz CT molecular complexity index is 809. The van der Waals surface area contributed by atoms with Crippen molar-refractivity contribution in [2.75, 3.05) is 0 Å². The summed E-state index contributed by atoms with van der Waals surface area (Å²) in [6, 6.07) is 7.60.